The van der Waals surface area contributed by atoms with E-state index in [-0.39, 0.29) is 46.7 Å². The van der Waals surface area contributed by atoms with E-state index >= 15 is 0 Å². The molecule has 1 amide bonds. The topological polar surface area (TPSA) is 110 Å². The van der Waals surface area contributed by atoms with Crippen LogP contribution in [0.4, 0.5) is 14.5 Å². The fraction of sp³-hybridized carbons (Fsp3) is 0.370. The Labute approximate surface area is 208 Å². The molecule has 0 unspecified atom stereocenters. The van der Waals surface area contributed by atoms with Gasteiger partial charge < -0.3 is 20.9 Å². The molecule has 1 saturated carbocycles. The number of rotatable bonds is 6. The van der Waals surface area contributed by atoms with Gasteiger partial charge in [-0.1, -0.05) is 13.0 Å². The van der Waals surface area contributed by atoms with Gasteiger partial charge in [0.2, 0.25) is 0 Å². The maximum Gasteiger partial charge on any atom is 0.274 e. The van der Waals surface area contributed by atoms with Gasteiger partial charge in [0.1, 0.15) is 23.1 Å². The third-order valence-electron chi connectivity index (χ3n) is 6.40. The Morgan fingerprint density at radius 2 is 1.92 bits per heavy atom. The number of aliphatic hydroxyl groups excluding tert-OH is 1. The molecule has 0 saturated heterocycles. The summed E-state index contributed by atoms with van der Waals surface area (Å²) in [7, 11) is 0. The number of aliphatic hydroxyl groups is 1. The number of carbonyl (C=O) groups is 1. The SMILES string of the molecule is CC(C)Oc1cc(F)c(-c2cccc(C(=O)Nc3cnccc3[C@H]3C[C@@H](N)[C@H](O)[C@@H](C)C3)n2)c(F)c1. The number of benzene rings is 1. The average Bonchev–Trinajstić information content (AvgIpc) is 2.82. The van der Waals surface area contributed by atoms with Crippen LogP contribution in [-0.2, 0) is 0 Å². The van der Waals surface area contributed by atoms with Crippen molar-refractivity contribution < 1.29 is 23.4 Å². The van der Waals surface area contributed by atoms with Crippen molar-refractivity contribution in [1.82, 2.24) is 9.97 Å². The summed E-state index contributed by atoms with van der Waals surface area (Å²) in [6.45, 7) is 5.46. The molecule has 0 aliphatic heterocycles. The number of nitrogens with zero attached hydrogens (tertiary/aromatic N) is 2. The van der Waals surface area contributed by atoms with Crippen LogP contribution in [0.2, 0.25) is 0 Å². The fourth-order valence-electron chi connectivity index (χ4n) is 4.72. The molecule has 0 bridgehead atoms. The largest absolute Gasteiger partial charge is 0.491 e. The van der Waals surface area contributed by atoms with E-state index in [4.69, 9.17) is 10.5 Å². The average molecular weight is 497 g/mol. The number of ether oxygens (including phenoxy) is 1. The van der Waals surface area contributed by atoms with Crippen molar-refractivity contribution >= 4 is 11.6 Å². The van der Waals surface area contributed by atoms with Crippen molar-refractivity contribution in [2.75, 3.05) is 5.32 Å². The molecule has 7 nitrogen and oxygen atoms in total. The first-order chi connectivity index (χ1) is 17.1. The van der Waals surface area contributed by atoms with E-state index in [9.17, 15) is 18.7 Å². The van der Waals surface area contributed by atoms with Gasteiger partial charge in [0.25, 0.3) is 5.91 Å². The van der Waals surface area contributed by atoms with Gasteiger partial charge in [-0.05, 0) is 62.3 Å². The van der Waals surface area contributed by atoms with Crippen molar-refractivity contribution in [3.05, 3.63) is 71.7 Å². The number of nitrogens with one attached hydrogen (secondary N) is 1. The minimum atomic E-state index is -0.838. The smallest absolute Gasteiger partial charge is 0.274 e. The molecule has 190 valence electrons. The van der Waals surface area contributed by atoms with E-state index in [1.807, 2.05) is 13.0 Å². The summed E-state index contributed by atoms with van der Waals surface area (Å²) in [4.78, 5) is 21.4. The zero-order chi connectivity index (χ0) is 26.0. The van der Waals surface area contributed by atoms with Crippen LogP contribution < -0.4 is 15.8 Å². The number of hydrogen-bond acceptors (Lipinski definition) is 6. The monoisotopic (exact) mass is 496 g/mol. The molecular weight excluding hydrogens is 466 g/mol. The first-order valence-corrected chi connectivity index (χ1v) is 12.0. The van der Waals surface area contributed by atoms with Gasteiger partial charge in [0.05, 0.1) is 35.3 Å². The first kappa shape index (κ1) is 25.7. The summed E-state index contributed by atoms with van der Waals surface area (Å²) >= 11 is 0. The molecule has 0 spiro atoms. The van der Waals surface area contributed by atoms with Crippen molar-refractivity contribution in [1.29, 1.82) is 0 Å². The fourth-order valence-corrected chi connectivity index (χ4v) is 4.72. The van der Waals surface area contributed by atoms with E-state index in [1.54, 1.807) is 26.2 Å². The molecule has 1 aliphatic rings. The van der Waals surface area contributed by atoms with Crippen molar-refractivity contribution in [2.24, 2.45) is 11.7 Å². The van der Waals surface area contributed by atoms with Crippen LogP contribution in [0.1, 0.15) is 55.6 Å². The quantitative estimate of drug-likeness (QED) is 0.458. The van der Waals surface area contributed by atoms with Gasteiger partial charge in [-0.2, -0.15) is 0 Å². The van der Waals surface area contributed by atoms with Crippen LogP contribution >= 0.6 is 0 Å². The second-order valence-corrected chi connectivity index (χ2v) is 9.55. The first-order valence-electron chi connectivity index (χ1n) is 12.0. The maximum absolute atomic E-state index is 14.8. The van der Waals surface area contributed by atoms with E-state index in [2.05, 4.69) is 15.3 Å². The normalized spacial score (nSPS) is 21.9. The molecule has 1 fully saturated rings. The predicted octanol–water partition coefficient (Wildman–Crippen LogP) is 4.66. The van der Waals surface area contributed by atoms with Crippen molar-refractivity contribution in [3.63, 3.8) is 0 Å². The molecule has 4 atom stereocenters. The maximum atomic E-state index is 14.8. The standard InChI is InChI=1S/C27H30F2N4O3/c1-14(2)36-17-11-19(28)25(20(29)12-17)22-5-4-6-23(32-22)27(35)33-24-13-31-8-7-18(24)16-9-15(3)26(34)21(30)10-16/h4-8,11-16,21,26,34H,9-10,30H2,1-3H3,(H,33,35)/t15-,16+,21+,26+/m0/s1. The highest BCUT2D eigenvalue weighted by Crippen LogP contribution is 2.38. The Bertz CT molecular complexity index is 1220. The number of halogens is 2. The number of amides is 1. The van der Waals surface area contributed by atoms with Crippen molar-refractivity contribution in [2.45, 2.75) is 57.8 Å². The van der Waals surface area contributed by atoms with E-state index < -0.39 is 23.6 Å². The van der Waals surface area contributed by atoms with E-state index in [0.29, 0.717) is 18.5 Å². The van der Waals surface area contributed by atoms with Crippen LogP contribution in [-0.4, -0.2) is 39.2 Å². The molecule has 2 aromatic heterocycles. The summed E-state index contributed by atoms with van der Waals surface area (Å²) in [5.41, 5.74) is 7.14. The Morgan fingerprint density at radius 1 is 1.19 bits per heavy atom. The Balaban J connectivity index is 1.58. The highest BCUT2D eigenvalue weighted by Gasteiger charge is 2.34. The van der Waals surface area contributed by atoms with Gasteiger partial charge in [-0.3, -0.25) is 9.78 Å². The molecule has 4 rings (SSSR count). The van der Waals surface area contributed by atoms with Gasteiger partial charge in [0.15, 0.2) is 0 Å². The molecule has 0 radical (unpaired) electrons. The number of hydrogen-bond donors (Lipinski definition) is 3. The number of carbonyl (C=O) groups excluding carboxylic acids is 1. The molecule has 3 aromatic rings. The molecular formula is C27H30F2N4O3. The van der Waals surface area contributed by atoms with Crippen molar-refractivity contribution in [3.8, 4) is 17.0 Å². The predicted molar refractivity (Wildman–Crippen MR) is 133 cm³/mol. The third-order valence-corrected chi connectivity index (χ3v) is 6.40. The van der Waals surface area contributed by atoms with Crippen LogP contribution in [0, 0.1) is 17.6 Å². The minimum absolute atomic E-state index is 0.00672. The molecule has 4 N–H and O–H groups in total. The van der Waals surface area contributed by atoms with Crippen LogP contribution in [0.5, 0.6) is 5.75 Å². The lowest BCUT2D eigenvalue weighted by atomic mass is 9.74. The lowest BCUT2D eigenvalue weighted by Crippen LogP contribution is -2.44. The summed E-state index contributed by atoms with van der Waals surface area (Å²) in [5, 5.41) is 13.0. The zero-order valence-electron chi connectivity index (χ0n) is 20.4. The Kier molecular flexibility index (Phi) is 7.61. The van der Waals surface area contributed by atoms with Crippen LogP contribution in [0.3, 0.4) is 0 Å². The number of anilines is 1. The zero-order valence-corrected chi connectivity index (χ0v) is 20.4. The Morgan fingerprint density at radius 3 is 2.58 bits per heavy atom. The third kappa shape index (κ3) is 5.52. The highest BCUT2D eigenvalue weighted by atomic mass is 19.1. The lowest BCUT2D eigenvalue weighted by molar-refractivity contribution is 0.0521. The highest BCUT2D eigenvalue weighted by molar-refractivity contribution is 6.03. The molecule has 1 aliphatic carbocycles. The summed E-state index contributed by atoms with van der Waals surface area (Å²) < 4.78 is 34.9. The van der Waals surface area contributed by atoms with Gasteiger partial charge in [0, 0.05) is 24.4 Å². The Hall–Kier alpha value is -3.43. The van der Waals surface area contributed by atoms with Crippen LogP contribution in [0.15, 0.2) is 48.8 Å². The van der Waals surface area contributed by atoms with Crippen LogP contribution in [0.25, 0.3) is 11.3 Å². The molecule has 1 aromatic carbocycles. The van der Waals surface area contributed by atoms with Gasteiger partial charge >= 0.3 is 0 Å². The minimum Gasteiger partial charge on any atom is -0.491 e. The molecule has 9 heteroatoms. The summed E-state index contributed by atoms with van der Waals surface area (Å²) in [6.07, 6.45) is 3.66. The van der Waals surface area contributed by atoms with Gasteiger partial charge in [-0.25, -0.2) is 13.8 Å². The second kappa shape index (κ2) is 10.7. The number of pyridine rings is 2. The van der Waals surface area contributed by atoms with E-state index in [1.165, 1.54) is 18.2 Å². The summed E-state index contributed by atoms with van der Waals surface area (Å²) in [6, 6.07) is 8.08. The second-order valence-electron chi connectivity index (χ2n) is 9.55. The summed E-state index contributed by atoms with van der Waals surface area (Å²) in [5.74, 6) is -2.10. The molecule has 2 heterocycles. The lowest BCUT2D eigenvalue weighted by Gasteiger charge is -2.36. The van der Waals surface area contributed by atoms with E-state index in [0.717, 1.165) is 17.7 Å². The number of aromatic nitrogens is 2. The number of nitrogens with two attached hydrogens (primary N) is 1. The molecule has 36 heavy (non-hydrogen) atoms. The van der Waals surface area contributed by atoms with Gasteiger partial charge in [-0.15, -0.1) is 0 Å².